The van der Waals surface area contributed by atoms with Crippen LogP contribution in [0.15, 0.2) is 185 Å². The molecule has 3 aromatic heterocycles. The molecule has 0 saturated heterocycles. The standard InChI is InChI=1S/C51H36N4OS/c1-3-14-31(15-4-1)49-52-50(32-16-5-2-6-17-32)54-51(53-49)40-24-12-23-39-38-22-11-21-37(47(38)57-48(39)40)36-20-13-27-45-46(36)41-30-33(28-29-44(41)56-45)55-42-25-9-7-18-34(42)35-19-8-10-26-43(35)55/h1-16,18-30,32,49-50,52H,17H2,(H,53,54). The SMILES string of the molecule is C1=CCC(C2NC(c3cccc4c3sc3c(-c5cccc6oc7ccc(-n8c9ccccc9c9ccccc98)cc7c56)cccc34)=NC(c3ccccc3)N2)C=C1. The van der Waals surface area contributed by atoms with Crippen LogP contribution in [0.4, 0.5) is 0 Å². The highest BCUT2D eigenvalue weighted by Gasteiger charge is 2.30. The van der Waals surface area contributed by atoms with Gasteiger partial charge in [-0.25, -0.2) is 4.99 Å². The Hall–Kier alpha value is -6.73. The topological polar surface area (TPSA) is 54.5 Å². The lowest BCUT2D eigenvalue weighted by Crippen LogP contribution is -2.54. The lowest BCUT2D eigenvalue weighted by molar-refractivity contribution is 0.328. The van der Waals surface area contributed by atoms with Crippen LogP contribution in [0, 0.1) is 5.92 Å². The molecule has 0 bridgehead atoms. The summed E-state index contributed by atoms with van der Waals surface area (Å²) in [7, 11) is 0. The normalized spacial score (nSPS) is 18.3. The third-order valence-corrected chi connectivity index (χ3v) is 13.1. The van der Waals surface area contributed by atoms with Crippen molar-refractivity contribution in [2.45, 2.75) is 18.8 Å². The molecule has 1 aliphatic carbocycles. The second-order valence-corrected chi connectivity index (χ2v) is 16.1. The van der Waals surface area contributed by atoms with Gasteiger partial charge in [0.1, 0.15) is 23.2 Å². The quantitative estimate of drug-likeness (QED) is 0.184. The van der Waals surface area contributed by atoms with Crippen LogP contribution in [-0.2, 0) is 0 Å². The first-order valence-corrected chi connectivity index (χ1v) is 20.5. The molecule has 0 saturated carbocycles. The zero-order valence-corrected chi connectivity index (χ0v) is 31.7. The van der Waals surface area contributed by atoms with Crippen LogP contribution in [-0.4, -0.2) is 16.6 Å². The van der Waals surface area contributed by atoms with Crippen molar-refractivity contribution >= 4 is 81.1 Å². The largest absolute Gasteiger partial charge is 0.456 e. The Morgan fingerprint density at radius 2 is 1.28 bits per heavy atom. The van der Waals surface area contributed by atoms with Crippen LogP contribution in [0.1, 0.15) is 23.7 Å². The number of aromatic nitrogens is 1. The maximum Gasteiger partial charge on any atom is 0.136 e. The highest BCUT2D eigenvalue weighted by atomic mass is 32.1. The fraction of sp³-hybridized carbons (Fsp3) is 0.0784. The molecule has 3 unspecified atom stereocenters. The summed E-state index contributed by atoms with van der Waals surface area (Å²) in [5.41, 5.74) is 9.93. The van der Waals surface area contributed by atoms with Gasteiger partial charge >= 0.3 is 0 Å². The molecule has 2 N–H and O–H groups in total. The van der Waals surface area contributed by atoms with Crippen molar-refractivity contribution in [3.63, 3.8) is 0 Å². The number of benzene rings is 7. The summed E-state index contributed by atoms with van der Waals surface area (Å²) in [5, 5.41) is 14.9. The third-order valence-electron chi connectivity index (χ3n) is 11.8. The van der Waals surface area contributed by atoms with Gasteiger partial charge in [0.25, 0.3) is 0 Å². The molecule has 2 aliphatic rings. The Morgan fingerprint density at radius 3 is 2.05 bits per heavy atom. The number of hydrogen-bond donors (Lipinski definition) is 2. The zero-order valence-electron chi connectivity index (χ0n) is 30.9. The number of para-hydroxylation sites is 2. The van der Waals surface area contributed by atoms with E-state index in [9.17, 15) is 0 Å². The predicted octanol–water partition coefficient (Wildman–Crippen LogP) is 12.8. The molecule has 12 rings (SSSR count). The number of amidine groups is 1. The third kappa shape index (κ3) is 5.15. The molecule has 5 nitrogen and oxygen atoms in total. The van der Waals surface area contributed by atoms with Crippen molar-refractivity contribution in [1.82, 2.24) is 15.2 Å². The maximum atomic E-state index is 6.59. The molecule has 0 amide bonds. The lowest BCUT2D eigenvalue weighted by atomic mass is 9.95. The first kappa shape index (κ1) is 32.5. The van der Waals surface area contributed by atoms with Gasteiger partial charge in [0.05, 0.1) is 17.2 Å². The highest BCUT2D eigenvalue weighted by Crippen LogP contribution is 2.45. The summed E-state index contributed by atoms with van der Waals surface area (Å²) < 4.78 is 11.5. The lowest BCUT2D eigenvalue weighted by Gasteiger charge is -2.36. The first-order valence-electron chi connectivity index (χ1n) is 19.6. The molecule has 4 heterocycles. The van der Waals surface area contributed by atoms with Gasteiger partial charge in [-0.2, -0.15) is 0 Å². The van der Waals surface area contributed by atoms with Crippen LogP contribution in [0.3, 0.4) is 0 Å². The number of thiophene rings is 1. The van der Waals surface area contributed by atoms with Crippen molar-refractivity contribution in [1.29, 1.82) is 0 Å². The summed E-state index contributed by atoms with van der Waals surface area (Å²) in [5.74, 6) is 1.23. The molecular weight excluding hydrogens is 717 g/mol. The molecule has 3 atom stereocenters. The van der Waals surface area contributed by atoms with Gasteiger partial charge < -0.3 is 14.3 Å². The van der Waals surface area contributed by atoms with Gasteiger partial charge in [-0.15, -0.1) is 11.3 Å². The second-order valence-electron chi connectivity index (χ2n) is 15.1. The molecule has 7 aromatic carbocycles. The van der Waals surface area contributed by atoms with Gasteiger partial charge in [-0.05, 0) is 60.0 Å². The fourth-order valence-corrected chi connectivity index (χ4v) is 10.5. The Labute approximate surface area is 332 Å². The van der Waals surface area contributed by atoms with E-state index in [1.54, 1.807) is 0 Å². The number of nitrogens with zero attached hydrogens (tertiary/aromatic N) is 2. The first-order chi connectivity index (χ1) is 28.3. The number of allylic oxidation sites excluding steroid dienone is 3. The molecule has 0 spiro atoms. The summed E-state index contributed by atoms with van der Waals surface area (Å²) >= 11 is 1.86. The van der Waals surface area contributed by atoms with Gasteiger partial charge in [-0.3, -0.25) is 5.32 Å². The van der Waals surface area contributed by atoms with Gasteiger partial charge in [0.15, 0.2) is 0 Å². The van der Waals surface area contributed by atoms with Gasteiger partial charge in [-0.1, -0.05) is 133 Å². The van der Waals surface area contributed by atoms with E-state index in [-0.39, 0.29) is 12.3 Å². The average Bonchev–Trinajstić information content (AvgIpc) is 3.96. The Balaban J connectivity index is 1.03. The van der Waals surface area contributed by atoms with E-state index in [4.69, 9.17) is 9.41 Å². The maximum absolute atomic E-state index is 6.59. The minimum absolute atomic E-state index is 0.0310. The van der Waals surface area contributed by atoms with Crippen molar-refractivity contribution < 1.29 is 4.42 Å². The molecule has 6 heteroatoms. The molecule has 0 radical (unpaired) electrons. The predicted molar refractivity (Wildman–Crippen MR) is 239 cm³/mol. The number of fused-ring (bicyclic) bond motifs is 9. The van der Waals surface area contributed by atoms with Crippen LogP contribution in [0.25, 0.3) is 80.7 Å². The van der Waals surface area contributed by atoms with Crippen molar-refractivity contribution in [2.24, 2.45) is 10.9 Å². The van der Waals surface area contributed by atoms with Crippen molar-refractivity contribution in [3.8, 4) is 16.8 Å². The Morgan fingerprint density at radius 1 is 0.596 bits per heavy atom. The van der Waals surface area contributed by atoms with E-state index in [0.29, 0.717) is 5.92 Å². The van der Waals surface area contributed by atoms with E-state index in [1.165, 1.54) is 53.1 Å². The number of rotatable bonds is 5. The van der Waals surface area contributed by atoms with Crippen LogP contribution in [0.5, 0.6) is 0 Å². The van der Waals surface area contributed by atoms with E-state index in [2.05, 4.69) is 191 Å². The van der Waals surface area contributed by atoms with Crippen LogP contribution < -0.4 is 10.6 Å². The number of aliphatic imine (C=N–C) groups is 1. The minimum atomic E-state index is -0.161. The Kier molecular flexibility index (Phi) is 7.37. The van der Waals surface area contributed by atoms with Crippen molar-refractivity contribution in [3.05, 3.63) is 187 Å². The molecule has 10 aromatic rings. The van der Waals surface area contributed by atoms with E-state index >= 15 is 0 Å². The van der Waals surface area contributed by atoms with Crippen LogP contribution in [0.2, 0.25) is 0 Å². The number of furan rings is 1. The number of nitrogens with one attached hydrogen (secondary N) is 2. The van der Waals surface area contributed by atoms with Crippen LogP contribution >= 0.6 is 11.3 Å². The minimum Gasteiger partial charge on any atom is -0.456 e. The molecule has 0 fully saturated rings. The molecule has 1 aliphatic heterocycles. The van der Waals surface area contributed by atoms with Gasteiger partial charge in [0, 0.05) is 64.4 Å². The van der Waals surface area contributed by atoms with E-state index in [1.807, 2.05) is 11.3 Å². The van der Waals surface area contributed by atoms with E-state index < -0.39 is 0 Å². The van der Waals surface area contributed by atoms with Crippen molar-refractivity contribution in [2.75, 3.05) is 0 Å². The zero-order chi connectivity index (χ0) is 37.5. The molecule has 57 heavy (non-hydrogen) atoms. The summed E-state index contributed by atoms with van der Waals surface area (Å²) in [6, 6.07) is 54.4. The summed E-state index contributed by atoms with van der Waals surface area (Å²) in [6.45, 7) is 0. The van der Waals surface area contributed by atoms with Gasteiger partial charge in [0.2, 0.25) is 0 Å². The number of hydrogen-bond acceptors (Lipinski definition) is 5. The average molecular weight is 753 g/mol. The molecular formula is C51H36N4OS. The smallest absolute Gasteiger partial charge is 0.136 e. The summed E-state index contributed by atoms with van der Waals surface area (Å²) in [6.07, 6.45) is 9.68. The monoisotopic (exact) mass is 752 g/mol. The highest BCUT2D eigenvalue weighted by molar-refractivity contribution is 7.26. The summed E-state index contributed by atoms with van der Waals surface area (Å²) in [4.78, 5) is 5.35. The van der Waals surface area contributed by atoms with E-state index in [0.717, 1.165) is 51.0 Å². The Bertz CT molecular complexity index is 3260. The molecule has 272 valence electrons. The fourth-order valence-electron chi connectivity index (χ4n) is 9.19. The second kappa shape index (κ2) is 12.9.